The summed E-state index contributed by atoms with van der Waals surface area (Å²) in [7, 11) is 7.99. The third-order valence-electron chi connectivity index (χ3n) is 1.74. The Labute approximate surface area is 92.9 Å². The van der Waals surface area contributed by atoms with Crippen molar-refractivity contribution in [3.63, 3.8) is 0 Å². The molecule has 0 bridgehead atoms. The molecule has 0 saturated carbocycles. The van der Waals surface area contributed by atoms with Crippen LogP contribution in [0.4, 0.5) is 0 Å². The van der Waals surface area contributed by atoms with Crippen molar-refractivity contribution < 1.29 is 4.58 Å². The van der Waals surface area contributed by atoms with Gasteiger partial charge < -0.3 is 5.32 Å². The maximum atomic E-state index is 4.34. The molecule has 0 saturated heterocycles. The average Bonchev–Trinajstić information content (AvgIpc) is 2.13. The Balaban J connectivity index is 4.64. The molecule has 0 aromatic carbocycles. The van der Waals surface area contributed by atoms with Gasteiger partial charge in [0.2, 0.25) is 0 Å². The minimum absolute atomic E-state index is 0.767. The summed E-state index contributed by atoms with van der Waals surface area (Å²) in [5, 5.41) is 6.45. The van der Waals surface area contributed by atoms with Crippen molar-refractivity contribution in [2.24, 2.45) is 4.99 Å². The molecule has 88 valence electrons. The van der Waals surface area contributed by atoms with E-state index in [9.17, 15) is 0 Å². The normalized spacial score (nSPS) is 10.9. The predicted octanol–water partition coefficient (Wildman–Crippen LogP) is -0.249. The maximum Gasteiger partial charge on any atom is 0.354 e. The SMILES string of the molecule is CCN=C(NCC)NC(N(C)C)=[N+](C)C. The van der Waals surface area contributed by atoms with Crippen LogP contribution in [-0.4, -0.2) is 62.7 Å². The molecule has 0 atom stereocenters. The van der Waals surface area contributed by atoms with E-state index in [1.807, 2.05) is 44.6 Å². The molecule has 5 nitrogen and oxygen atoms in total. The fourth-order valence-electron chi connectivity index (χ4n) is 1.19. The van der Waals surface area contributed by atoms with Crippen molar-refractivity contribution in [2.45, 2.75) is 13.8 Å². The molecule has 0 rings (SSSR count). The number of nitrogens with zero attached hydrogens (tertiary/aromatic N) is 3. The first-order valence-electron chi connectivity index (χ1n) is 5.29. The summed E-state index contributed by atoms with van der Waals surface area (Å²) in [6.45, 7) is 5.70. The zero-order chi connectivity index (χ0) is 11.8. The average molecular weight is 214 g/mol. The molecule has 0 aliphatic rings. The van der Waals surface area contributed by atoms with E-state index >= 15 is 0 Å². The van der Waals surface area contributed by atoms with Gasteiger partial charge in [-0.05, 0) is 13.8 Å². The molecule has 0 amide bonds. The van der Waals surface area contributed by atoms with Crippen molar-refractivity contribution in [2.75, 3.05) is 41.3 Å². The minimum Gasteiger partial charge on any atom is -0.343 e. The first kappa shape index (κ1) is 13.7. The molecule has 0 aliphatic heterocycles. The van der Waals surface area contributed by atoms with Gasteiger partial charge in [0, 0.05) is 13.1 Å². The van der Waals surface area contributed by atoms with Gasteiger partial charge in [0.25, 0.3) is 5.96 Å². The molecule has 0 spiro atoms. The number of hydrogen-bond donors (Lipinski definition) is 2. The van der Waals surface area contributed by atoms with Crippen molar-refractivity contribution in [3.05, 3.63) is 0 Å². The fraction of sp³-hybridized carbons (Fsp3) is 0.800. The summed E-state index contributed by atoms with van der Waals surface area (Å²) >= 11 is 0. The number of rotatable bonds is 2. The van der Waals surface area contributed by atoms with E-state index in [4.69, 9.17) is 0 Å². The quantitative estimate of drug-likeness (QED) is 0.378. The van der Waals surface area contributed by atoms with Crippen molar-refractivity contribution in [3.8, 4) is 0 Å². The third kappa shape index (κ3) is 5.24. The van der Waals surface area contributed by atoms with E-state index in [0.717, 1.165) is 25.0 Å². The first-order chi connectivity index (χ1) is 7.02. The van der Waals surface area contributed by atoms with Gasteiger partial charge >= 0.3 is 5.96 Å². The molecule has 0 radical (unpaired) electrons. The Hall–Kier alpha value is -1.26. The van der Waals surface area contributed by atoms with Crippen LogP contribution >= 0.6 is 0 Å². The van der Waals surface area contributed by atoms with Crippen LogP contribution in [-0.2, 0) is 0 Å². The van der Waals surface area contributed by atoms with Gasteiger partial charge in [-0.1, -0.05) is 0 Å². The van der Waals surface area contributed by atoms with Gasteiger partial charge in [-0.3, -0.25) is 9.48 Å². The van der Waals surface area contributed by atoms with Gasteiger partial charge in [0.15, 0.2) is 0 Å². The van der Waals surface area contributed by atoms with Crippen LogP contribution in [0.5, 0.6) is 0 Å². The summed E-state index contributed by atoms with van der Waals surface area (Å²) < 4.78 is 2.02. The highest BCUT2D eigenvalue weighted by molar-refractivity contribution is 5.96. The molecule has 15 heavy (non-hydrogen) atoms. The van der Waals surface area contributed by atoms with E-state index in [0.29, 0.717) is 0 Å². The van der Waals surface area contributed by atoms with Crippen LogP contribution in [0, 0.1) is 0 Å². The summed E-state index contributed by atoms with van der Waals surface area (Å²) in [5.41, 5.74) is 0. The molecule has 0 unspecified atom stereocenters. The lowest BCUT2D eigenvalue weighted by Crippen LogP contribution is -2.49. The topological polar surface area (TPSA) is 42.7 Å². The molecule has 0 fully saturated rings. The Kier molecular flexibility index (Phi) is 6.49. The van der Waals surface area contributed by atoms with Crippen LogP contribution in [0.1, 0.15) is 13.8 Å². The van der Waals surface area contributed by atoms with Crippen molar-refractivity contribution in [1.82, 2.24) is 15.5 Å². The molecular formula is C10H24N5+. The van der Waals surface area contributed by atoms with Gasteiger partial charge in [-0.2, -0.15) is 0 Å². The van der Waals surface area contributed by atoms with E-state index in [2.05, 4.69) is 22.5 Å². The molecular weight excluding hydrogens is 190 g/mol. The maximum absolute atomic E-state index is 4.34. The highest BCUT2D eigenvalue weighted by Crippen LogP contribution is 1.79. The molecule has 0 aromatic rings. The van der Waals surface area contributed by atoms with E-state index in [-0.39, 0.29) is 0 Å². The van der Waals surface area contributed by atoms with Crippen LogP contribution in [0.25, 0.3) is 0 Å². The number of nitrogens with one attached hydrogen (secondary N) is 2. The summed E-state index contributed by atoms with van der Waals surface area (Å²) in [6, 6.07) is 0. The zero-order valence-electron chi connectivity index (χ0n) is 10.8. The Morgan fingerprint density at radius 3 is 2.20 bits per heavy atom. The van der Waals surface area contributed by atoms with E-state index in [1.54, 1.807) is 0 Å². The second-order valence-corrected chi connectivity index (χ2v) is 3.59. The van der Waals surface area contributed by atoms with E-state index < -0.39 is 0 Å². The first-order valence-corrected chi connectivity index (χ1v) is 5.29. The lowest BCUT2D eigenvalue weighted by molar-refractivity contribution is -0.471. The van der Waals surface area contributed by atoms with Gasteiger partial charge in [-0.25, -0.2) is 10.3 Å². The Morgan fingerprint density at radius 2 is 1.87 bits per heavy atom. The predicted molar refractivity (Wildman–Crippen MR) is 65.6 cm³/mol. The molecule has 0 aromatic heterocycles. The molecule has 2 N–H and O–H groups in total. The Bertz CT molecular complexity index is 238. The monoisotopic (exact) mass is 214 g/mol. The van der Waals surface area contributed by atoms with Crippen molar-refractivity contribution in [1.29, 1.82) is 0 Å². The van der Waals surface area contributed by atoms with E-state index in [1.165, 1.54) is 0 Å². The molecule has 0 aliphatic carbocycles. The van der Waals surface area contributed by atoms with Crippen LogP contribution in [0.15, 0.2) is 4.99 Å². The van der Waals surface area contributed by atoms with Gasteiger partial charge in [0.1, 0.15) is 0 Å². The third-order valence-corrected chi connectivity index (χ3v) is 1.74. The largest absolute Gasteiger partial charge is 0.354 e. The standard InChI is InChI=1S/C10H23N5/c1-7-11-9(12-8-2)13-10(14(3)4)15(5)6/h7-8H2,1-6H3,(H,11,12)/p+1. The van der Waals surface area contributed by atoms with Crippen LogP contribution in [0.2, 0.25) is 0 Å². The number of guanidine groups is 2. The number of aliphatic imine (C=N–C) groups is 1. The van der Waals surface area contributed by atoms with Crippen LogP contribution < -0.4 is 10.6 Å². The second kappa shape index (κ2) is 7.09. The van der Waals surface area contributed by atoms with Gasteiger partial charge in [-0.15, -0.1) is 0 Å². The summed E-state index contributed by atoms with van der Waals surface area (Å²) in [5.74, 6) is 1.82. The highest BCUT2D eigenvalue weighted by atomic mass is 15.3. The minimum atomic E-state index is 0.767. The fourth-order valence-corrected chi connectivity index (χ4v) is 1.19. The van der Waals surface area contributed by atoms with Crippen LogP contribution in [0.3, 0.4) is 0 Å². The lowest BCUT2D eigenvalue weighted by atomic mass is 10.6. The lowest BCUT2D eigenvalue weighted by Gasteiger charge is -2.14. The molecule has 0 heterocycles. The summed E-state index contributed by atoms with van der Waals surface area (Å²) in [6.07, 6.45) is 0. The zero-order valence-corrected chi connectivity index (χ0v) is 10.8. The summed E-state index contributed by atoms with van der Waals surface area (Å²) in [4.78, 5) is 6.36. The highest BCUT2D eigenvalue weighted by Gasteiger charge is 2.13. The van der Waals surface area contributed by atoms with Gasteiger partial charge in [0.05, 0.1) is 28.2 Å². The smallest absolute Gasteiger partial charge is 0.343 e. The Morgan fingerprint density at radius 1 is 1.27 bits per heavy atom. The second-order valence-electron chi connectivity index (χ2n) is 3.59. The molecule has 5 heteroatoms. The number of hydrogen-bond acceptors (Lipinski definition) is 1. The van der Waals surface area contributed by atoms with Crippen molar-refractivity contribution >= 4 is 11.9 Å².